The number of carbonyl (C=O) groups is 2. The van der Waals surface area contributed by atoms with Crippen molar-refractivity contribution in [2.45, 2.75) is 26.7 Å². The zero-order valence-electron chi connectivity index (χ0n) is 12.8. The van der Waals surface area contributed by atoms with E-state index < -0.39 is 0 Å². The Kier molecular flexibility index (Phi) is 5.20. The number of hydrogen-bond donors (Lipinski definition) is 1. The van der Waals surface area contributed by atoms with Gasteiger partial charge in [-0.2, -0.15) is 0 Å². The predicted octanol–water partition coefficient (Wildman–Crippen LogP) is 2.09. The van der Waals surface area contributed by atoms with E-state index in [-0.39, 0.29) is 11.8 Å². The molecular formula is C16H23N3O2. The van der Waals surface area contributed by atoms with E-state index in [9.17, 15) is 9.59 Å². The van der Waals surface area contributed by atoms with Crippen LogP contribution < -0.4 is 10.2 Å². The molecule has 1 aliphatic heterocycles. The quantitative estimate of drug-likeness (QED) is 0.923. The van der Waals surface area contributed by atoms with Crippen LogP contribution >= 0.6 is 0 Å². The fraction of sp³-hybridized carbons (Fsp3) is 0.500. The molecule has 2 rings (SSSR count). The molecule has 0 aliphatic carbocycles. The fourth-order valence-electron chi connectivity index (χ4n) is 2.49. The van der Waals surface area contributed by atoms with Crippen LogP contribution in [-0.4, -0.2) is 42.9 Å². The Hall–Kier alpha value is -2.04. The second-order valence-corrected chi connectivity index (χ2v) is 5.34. The summed E-state index contributed by atoms with van der Waals surface area (Å²) in [6.07, 6.45) is 1.40. The third-order valence-electron chi connectivity index (χ3n) is 3.72. The van der Waals surface area contributed by atoms with Gasteiger partial charge in [-0.15, -0.1) is 0 Å². The molecule has 1 aromatic carbocycles. The molecule has 1 aliphatic rings. The highest BCUT2D eigenvalue weighted by molar-refractivity contribution is 5.90. The lowest BCUT2D eigenvalue weighted by molar-refractivity contribution is -0.129. The van der Waals surface area contributed by atoms with E-state index in [0.717, 1.165) is 44.0 Å². The molecule has 2 amide bonds. The molecule has 0 bridgehead atoms. The predicted molar refractivity (Wildman–Crippen MR) is 84.4 cm³/mol. The maximum Gasteiger partial charge on any atom is 0.224 e. The summed E-state index contributed by atoms with van der Waals surface area (Å²) in [5.74, 6) is 0.198. The first-order chi connectivity index (χ1) is 10.1. The van der Waals surface area contributed by atoms with E-state index in [1.807, 2.05) is 36.1 Å². The van der Waals surface area contributed by atoms with Crippen molar-refractivity contribution in [2.24, 2.45) is 0 Å². The zero-order valence-corrected chi connectivity index (χ0v) is 12.8. The van der Waals surface area contributed by atoms with Gasteiger partial charge in [0.2, 0.25) is 11.8 Å². The highest BCUT2D eigenvalue weighted by atomic mass is 16.2. The third-order valence-corrected chi connectivity index (χ3v) is 3.72. The van der Waals surface area contributed by atoms with Crippen molar-refractivity contribution in [1.29, 1.82) is 0 Å². The number of benzene rings is 1. The Morgan fingerprint density at radius 1 is 1.10 bits per heavy atom. The molecule has 0 spiro atoms. The van der Waals surface area contributed by atoms with Crippen molar-refractivity contribution in [2.75, 3.05) is 36.4 Å². The molecule has 1 heterocycles. The van der Waals surface area contributed by atoms with Gasteiger partial charge in [-0.25, -0.2) is 0 Å². The summed E-state index contributed by atoms with van der Waals surface area (Å²) in [5, 5.41) is 2.88. The molecular weight excluding hydrogens is 266 g/mol. The van der Waals surface area contributed by atoms with Crippen LogP contribution in [0, 0.1) is 0 Å². The van der Waals surface area contributed by atoms with Gasteiger partial charge < -0.3 is 15.1 Å². The van der Waals surface area contributed by atoms with Crippen LogP contribution in [0.5, 0.6) is 0 Å². The van der Waals surface area contributed by atoms with Gasteiger partial charge in [-0.3, -0.25) is 9.59 Å². The molecule has 5 nitrogen and oxygen atoms in total. The minimum Gasteiger partial charge on any atom is -0.368 e. The highest BCUT2D eigenvalue weighted by Crippen LogP contribution is 2.19. The Labute approximate surface area is 125 Å². The third kappa shape index (κ3) is 4.21. The number of nitrogens with zero attached hydrogens (tertiary/aromatic N) is 2. The van der Waals surface area contributed by atoms with Crippen molar-refractivity contribution in [3.63, 3.8) is 0 Å². The summed E-state index contributed by atoms with van der Waals surface area (Å²) in [6.45, 7) is 6.84. The lowest BCUT2D eigenvalue weighted by Gasteiger charge is -2.35. The number of hydrogen-bond acceptors (Lipinski definition) is 3. The maximum absolute atomic E-state index is 11.5. The number of nitrogens with one attached hydrogen (secondary N) is 1. The van der Waals surface area contributed by atoms with Crippen molar-refractivity contribution >= 4 is 23.2 Å². The minimum atomic E-state index is 0.0559. The summed E-state index contributed by atoms with van der Waals surface area (Å²) in [7, 11) is 0. The molecule has 1 N–H and O–H groups in total. The topological polar surface area (TPSA) is 52.7 Å². The van der Waals surface area contributed by atoms with Gasteiger partial charge in [0.25, 0.3) is 0 Å². The highest BCUT2D eigenvalue weighted by Gasteiger charge is 2.18. The summed E-state index contributed by atoms with van der Waals surface area (Å²) in [6, 6.07) is 7.90. The first kappa shape index (κ1) is 15.4. The normalized spacial score (nSPS) is 15.0. The number of rotatable bonds is 4. The van der Waals surface area contributed by atoms with Crippen molar-refractivity contribution in [3.8, 4) is 0 Å². The lowest BCUT2D eigenvalue weighted by atomic mass is 10.2. The number of carbonyl (C=O) groups excluding carboxylic acids is 2. The molecule has 0 unspecified atom stereocenters. The van der Waals surface area contributed by atoms with Gasteiger partial charge in [0.05, 0.1) is 0 Å². The molecule has 0 radical (unpaired) electrons. The van der Waals surface area contributed by atoms with Crippen LogP contribution in [0.4, 0.5) is 11.4 Å². The van der Waals surface area contributed by atoms with Crippen LogP contribution in [0.15, 0.2) is 24.3 Å². The first-order valence-corrected chi connectivity index (χ1v) is 7.50. The summed E-state index contributed by atoms with van der Waals surface area (Å²) < 4.78 is 0. The monoisotopic (exact) mass is 289 g/mol. The van der Waals surface area contributed by atoms with E-state index in [0.29, 0.717) is 6.42 Å². The van der Waals surface area contributed by atoms with Gasteiger partial charge in [0.15, 0.2) is 0 Å². The standard InChI is InChI=1S/C16H23N3O2/c1-3-4-16(21)17-14-5-7-15(8-6-14)19-11-9-18(10-12-19)13(2)20/h5-8H,3-4,9-12H2,1-2H3,(H,17,21). The van der Waals surface area contributed by atoms with E-state index >= 15 is 0 Å². The smallest absolute Gasteiger partial charge is 0.224 e. The van der Waals surface area contributed by atoms with Crippen LogP contribution in [-0.2, 0) is 9.59 Å². The van der Waals surface area contributed by atoms with Crippen molar-refractivity contribution in [3.05, 3.63) is 24.3 Å². The average molecular weight is 289 g/mol. The summed E-state index contributed by atoms with van der Waals surface area (Å²) >= 11 is 0. The maximum atomic E-state index is 11.5. The largest absolute Gasteiger partial charge is 0.368 e. The van der Waals surface area contributed by atoms with E-state index in [1.165, 1.54) is 0 Å². The Morgan fingerprint density at radius 2 is 1.71 bits per heavy atom. The van der Waals surface area contributed by atoms with E-state index in [4.69, 9.17) is 0 Å². The lowest BCUT2D eigenvalue weighted by Crippen LogP contribution is -2.48. The SMILES string of the molecule is CCCC(=O)Nc1ccc(N2CCN(C(C)=O)CC2)cc1. The Bertz CT molecular complexity index is 491. The molecule has 0 aromatic heterocycles. The van der Waals surface area contributed by atoms with Gasteiger partial charge in [0.1, 0.15) is 0 Å². The zero-order chi connectivity index (χ0) is 15.2. The fourth-order valence-corrected chi connectivity index (χ4v) is 2.49. The molecule has 1 saturated heterocycles. The van der Waals surface area contributed by atoms with Gasteiger partial charge in [0, 0.05) is 50.9 Å². The van der Waals surface area contributed by atoms with Gasteiger partial charge in [-0.05, 0) is 30.7 Å². The molecule has 5 heteroatoms. The average Bonchev–Trinajstić information content (AvgIpc) is 2.48. The second kappa shape index (κ2) is 7.11. The van der Waals surface area contributed by atoms with Crippen LogP contribution in [0.25, 0.3) is 0 Å². The minimum absolute atomic E-state index is 0.0559. The van der Waals surface area contributed by atoms with Gasteiger partial charge >= 0.3 is 0 Å². The van der Waals surface area contributed by atoms with Crippen LogP contribution in [0.1, 0.15) is 26.7 Å². The van der Waals surface area contributed by atoms with Gasteiger partial charge in [-0.1, -0.05) is 6.92 Å². The number of anilines is 2. The molecule has 1 fully saturated rings. The Balaban J connectivity index is 1.91. The second-order valence-electron chi connectivity index (χ2n) is 5.34. The van der Waals surface area contributed by atoms with Crippen LogP contribution in [0.3, 0.4) is 0 Å². The summed E-state index contributed by atoms with van der Waals surface area (Å²) in [4.78, 5) is 27.0. The molecule has 1 aromatic rings. The number of amides is 2. The molecule has 0 atom stereocenters. The number of piperazine rings is 1. The summed E-state index contributed by atoms with van der Waals surface area (Å²) in [5.41, 5.74) is 1.96. The van der Waals surface area contributed by atoms with Crippen LogP contribution in [0.2, 0.25) is 0 Å². The molecule has 21 heavy (non-hydrogen) atoms. The first-order valence-electron chi connectivity index (χ1n) is 7.50. The van der Waals surface area contributed by atoms with Crippen molar-refractivity contribution in [1.82, 2.24) is 4.90 Å². The molecule has 0 saturated carbocycles. The van der Waals surface area contributed by atoms with E-state index in [1.54, 1.807) is 6.92 Å². The Morgan fingerprint density at radius 3 is 2.24 bits per heavy atom. The molecule has 114 valence electrons. The van der Waals surface area contributed by atoms with E-state index in [2.05, 4.69) is 10.2 Å². The van der Waals surface area contributed by atoms with Crippen molar-refractivity contribution < 1.29 is 9.59 Å².